The first-order valence-electron chi connectivity index (χ1n) is 4.89. The molecule has 0 aromatic heterocycles. The largest absolute Gasteiger partial charge is 0.312 e. The van der Waals surface area contributed by atoms with Gasteiger partial charge in [0.05, 0.1) is 12.1 Å². The maximum atomic E-state index is 12.1. The molecule has 1 aromatic rings. The van der Waals surface area contributed by atoms with Gasteiger partial charge in [0.2, 0.25) is 0 Å². The highest BCUT2D eigenvalue weighted by Crippen LogP contribution is 2.17. The van der Waals surface area contributed by atoms with Crippen LogP contribution in [0.4, 0.5) is 0 Å². The Balaban J connectivity index is 3.02. The topological polar surface area (TPSA) is 67.9 Å². The fourth-order valence-corrected chi connectivity index (χ4v) is 1.88. The summed E-state index contributed by atoms with van der Waals surface area (Å²) < 4.78 is 0.888. The van der Waals surface area contributed by atoms with Crippen molar-refractivity contribution >= 4 is 21.8 Å². The van der Waals surface area contributed by atoms with Crippen molar-refractivity contribution in [3.8, 4) is 12.1 Å². The summed E-state index contributed by atoms with van der Waals surface area (Å²) in [5.41, 5.74) is 1.32. The van der Waals surface area contributed by atoms with Crippen LogP contribution in [-0.2, 0) is 0 Å². The first kappa shape index (κ1) is 13.2. The van der Waals surface area contributed by atoms with Crippen LogP contribution in [0.1, 0.15) is 15.9 Å². The summed E-state index contributed by atoms with van der Waals surface area (Å²) in [5.74, 6) is -0.293. The number of rotatable bonds is 3. The van der Waals surface area contributed by atoms with Crippen LogP contribution in [0.2, 0.25) is 0 Å². The van der Waals surface area contributed by atoms with Gasteiger partial charge in [-0.2, -0.15) is 10.5 Å². The highest BCUT2D eigenvalue weighted by Gasteiger charge is 2.16. The lowest BCUT2D eigenvalue weighted by Gasteiger charge is -2.17. The summed E-state index contributed by atoms with van der Waals surface area (Å²) >= 11 is 3.31. The van der Waals surface area contributed by atoms with Crippen molar-refractivity contribution in [2.24, 2.45) is 0 Å². The van der Waals surface area contributed by atoms with Gasteiger partial charge in [-0.05, 0) is 30.7 Å². The monoisotopic (exact) mass is 291 g/mol. The molecule has 0 aliphatic carbocycles. The molecule has 0 spiro atoms. The van der Waals surface area contributed by atoms with Crippen molar-refractivity contribution in [1.82, 2.24) is 4.90 Å². The first-order chi connectivity index (χ1) is 8.10. The Hall–Kier alpha value is -1.85. The van der Waals surface area contributed by atoms with E-state index in [2.05, 4.69) is 15.9 Å². The van der Waals surface area contributed by atoms with Gasteiger partial charge in [0.25, 0.3) is 5.91 Å². The van der Waals surface area contributed by atoms with Crippen LogP contribution in [-0.4, -0.2) is 23.9 Å². The number of nitriles is 2. The standard InChI is InChI=1S/C12H10BrN3O/c1-9-8-10(13)2-3-11(9)12(17)16(6-4-14)7-5-15/h2-3,8H,6-7H2,1H3. The van der Waals surface area contributed by atoms with E-state index in [1.165, 1.54) is 4.90 Å². The Morgan fingerprint density at radius 2 is 1.94 bits per heavy atom. The second-order valence-corrected chi connectivity index (χ2v) is 4.35. The maximum Gasteiger partial charge on any atom is 0.255 e. The molecule has 17 heavy (non-hydrogen) atoms. The van der Waals surface area contributed by atoms with E-state index in [1.54, 1.807) is 12.1 Å². The first-order valence-corrected chi connectivity index (χ1v) is 5.68. The maximum absolute atomic E-state index is 12.1. The Morgan fingerprint density at radius 3 is 2.41 bits per heavy atom. The van der Waals surface area contributed by atoms with E-state index in [0.29, 0.717) is 5.56 Å². The lowest BCUT2D eigenvalue weighted by Crippen LogP contribution is -2.32. The van der Waals surface area contributed by atoms with Crippen LogP contribution >= 0.6 is 15.9 Å². The molecule has 86 valence electrons. The van der Waals surface area contributed by atoms with Crippen molar-refractivity contribution in [3.05, 3.63) is 33.8 Å². The second-order valence-electron chi connectivity index (χ2n) is 3.44. The van der Waals surface area contributed by atoms with Gasteiger partial charge in [0, 0.05) is 10.0 Å². The van der Waals surface area contributed by atoms with Crippen LogP contribution in [0, 0.1) is 29.6 Å². The van der Waals surface area contributed by atoms with Crippen molar-refractivity contribution in [1.29, 1.82) is 10.5 Å². The second kappa shape index (κ2) is 6.03. The number of amides is 1. The Kier molecular flexibility index (Phi) is 4.68. The Bertz CT molecular complexity index is 497. The van der Waals surface area contributed by atoms with E-state index in [0.717, 1.165) is 10.0 Å². The van der Waals surface area contributed by atoms with E-state index in [1.807, 2.05) is 25.1 Å². The molecule has 0 unspecified atom stereocenters. The number of hydrogen-bond donors (Lipinski definition) is 0. The Morgan fingerprint density at radius 1 is 1.35 bits per heavy atom. The van der Waals surface area contributed by atoms with E-state index in [9.17, 15) is 4.79 Å². The molecule has 0 fully saturated rings. The minimum Gasteiger partial charge on any atom is -0.312 e. The molecule has 0 aliphatic heterocycles. The van der Waals surface area contributed by atoms with Crippen molar-refractivity contribution in [2.45, 2.75) is 6.92 Å². The van der Waals surface area contributed by atoms with E-state index < -0.39 is 0 Å². The van der Waals surface area contributed by atoms with E-state index in [4.69, 9.17) is 10.5 Å². The van der Waals surface area contributed by atoms with E-state index in [-0.39, 0.29) is 19.0 Å². The molecule has 0 atom stereocenters. The highest BCUT2D eigenvalue weighted by molar-refractivity contribution is 9.10. The summed E-state index contributed by atoms with van der Waals surface area (Å²) in [4.78, 5) is 13.3. The van der Waals surface area contributed by atoms with Crippen LogP contribution < -0.4 is 0 Å². The summed E-state index contributed by atoms with van der Waals surface area (Å²) in [6.07, 6.45) is 0. The molecular weight excluding hydrogens is 282 g/mol. The minimum absolute atomic E-state index is 0.0815. The summed E-state index contributed by atoms with van der Waals surface area (Å²) in [5, 5.41) is 17.2. The lowest BCUT2D eigenvalue weighted by atomic mass is 10.1. The molecule has 1 aromatic carbocycles. The summed E-state index contributed by atoms with van der Waals surface area (Å²) in [6, 6.07) is 9.03. The number of benzene rings is 1. The van der Waals surface area contributed by atoms with Crippen LogP contribution in [0.25, 0.3) is 0 Å². The number of hydrogen-bond acceptors (Lipinski definition) is 3. The minimum atomic E-state index is -0.293. The molecule has 0 saturated heterocycles. The summed E-state index contributed by atoms with van der Waals surface area (Å²) in [7, 11) is 0. The molecule has 5 heteroatoms. The molecule has 0 radical (unpaired) electrons. The smallest absolute Gasteiger partial charge is 0.255 e. The number of carbonyl (C=O) groups is 1. The third-order valence-corrected chi connectivity index (χ3v) is 2.72. The predicted molar refractivity (Wildman–Crippen MR) is 66.0 cm³/mol. The predicted octanol–water partition coefficient (Wildman–Crippen LogP) is 2.25. The molecule has 0 bridgehead atoms. The van der Waals surface area contributed by atoms with Gasteiger partial charge < -0.3 is 4.90 Å². The summed E-state index contributed by atoms with van der Waals surface area (Å²) in [6.45, 7) is 1.65. The molecule has 0 N–H and O–H groups in total. The number of aryl methyl sites for hydroxylation is 1. The average molecular weight is 292 g/mol. The van der Waals surface area contributed by atoms with Crippen molar-refractivity contribution in [2.75, 3.05) is 13.1 Å². The molecular formula is C12H10BrN3O. The molecule has 1 amide bonds. The van der Waals surface area contributed by atoms with Crippen molar-refractivity contribution < 1.29 is 4.79 Å². The zero-order valence-electron chi connectivity index (χ0n) is 9.27. The van der Waals surface area contributed by atoms with Crippen LogP contribution in [0.15, 0.2) is 22.7 Å². The normalized spacial score (nSPS) is 9.18. The van der Waals surface area contributed by atoms with Gasteiger partial charge in [-0.15, -0.1) is 0 Å². The molecule has 0 aliphatic rings. The van der Waals surface area contributed by atoms with Gasteiger partial charge in [-0.25, -0.2) is 0 Å². The van der Waals surface area contributed by atoms with Crippen LogP contribution in [0.5, 0.6) is 0 Å². The fourth-order valence-electron chi connectivity index (χ4n) is 1.41. The van der Waals surface area contributed by atoms with Crippen LogP contribution in [0.3, 0.4) is 0 Å². The average Bonchev–Trinajstić information content (AvgIpc) is 2.28. The SMILES string of the molecule is Cc1cc(Br)ccc1C(=O)N(CC#N)CC#N. The molecule has 0 heterocycles. The van der Waals surface area contributed by atoms with Gasteiger partial charge >= 0.3 is 0 Å². The fraction of sp³-hybridized carbons (Fsp3) is 0.250. The third kappa shape index (κ3) is 3.30. The number of nitrogens with zero attached hydrogens (tertiary/aromatic N) is 3. The van der Waals surface area contributed by atoms with Crippen molar-refractivity contribution in [3.63, 3.8) is 0 Å². The zero-order chi connectivity index (χ0) is 12.8. The number of halogens is 1. The zero-order valence-corrected chi connectivity index (χ0v) is 10.9. The van der Waals surface area contributed by atoms with Gasteiger partial charge in [0.15, 0.2) is 0 Å². The van der Waals surface area contributed by atoms with E-state index >= 15 is 0 Å². The van der Waals surface area contributed by atoms with Gasteiger partial charge in [-0.1, -0.05) is 15.9 Å². The third-order valence-electron chi connectivity index (χ3n) is 2.23. The molecule has 4 nitrogen and oxygen atoms in total. The molecule has 0 saturated carbocycles. The Labute approximate surface area is 108 Å². The lowest BCUT2D eigenvalue weighted by molar-refractivity contribution is 0.0794. The van der Waals surface area contributed by atoms with Gasteiger partial charge in [0.1, 0.15) is 13.1 Å². The number of carbonyl (C=O) groups excluding carboxylic acids is 1. The quantitative estimate of drug-likeness (QED) is 0.802. The van der Waals surface area contributed by atoms with Gasteiger partial charge in [-0.3, -0.25) is 4.79 Å². The molecule has 1 rings (SSSR count). The highest BCUT2D eigenvalue weighted by atomic mass is 79.9.